The molecule has 1 heterocycles. The van der Waals surface area contributed by atoms with E-state index in [-0.39, 0.29) is 5.91 Å². The summed E-state index contributed by atoms with van der Waals surface area (Å²) in [7, 11) is 0. The molecule has 0 aliphatic rings. The Balaban J connectivity index is 2.42. The van der Waals surface area contributed by atoms with Crippen molar-refractivity contribution in [3.05, 3.63) is 36.9 Å². The van der Waals surface area contributed by atoms with Gasteiger partial charge >= 0.3 is 0 Å². The molecule has 1 amide bonds. The Bertz CT molecular complexity index is 339. The van der Waals surface area contributed by atoms with Gasteiger partial charge in [0.05, 0.1) is 5.75 Å². The first kappa shape index (κ1) is 13.0. The molecular formula is C11H14N2OS2. The highest BCUT2D eigenvalue weighted by molar-refractivity contribution is 8.01. The second kappa shape index (κ2) is 7.24. The summed E-state index contributed by atoms with van der Waals surface area (Å²) in [5.74, 6) is 0.495. The van der Waals surface area contributed by atoms with E-state index in [1.54, 1.807) is 34.6 Å². The lowest BCUT2D eigenvalue weighted by Gasteiger charge is -2.18. The van der Waals surface area contributed by atoms with Crippen LogP contribution < -0.4 is 0 Å². The van der Waals surface area contributed by atoms with Crippen LogP contribution in [0.1, 0.15) is 0 Å². The van der Waals surface area contributed by atoms with Crippen molar-refractivity contribution in [1.29, 1.82) is 0 Å². The summed E-state index contributed by atoms with van der Waals surface area (Å²) in [4.78, 5) is 17.6. The molecule has 0 aromatic carbocycles. The Morgan fingerprint density at radius 2 is 2.19 bits per heavy atom. The zero-order valence-electron chi connectivity index (χ0n) is 8.96. The smallest absolute Gasteiger partial charge is 0.233 e. The van der Waals surface area contributed by atoms with Gasteiger partial charge < -0.3 is 4.90 Å². The molecule has 5 heteroatoms. The molecule has 0 aliphatic heterocycles. The maximum absolute atomic E-state index is 11.8. The number of carbonyl (C=O) groups excluding carboxylic acids is 1. The lowest BCUT2D eigenvalue weighted by atomic mass is 10.4. The first-order chi connectivity index (χ1) is 7.77. The number of thioether (sulfide) groups is 1. The Kier molecular flexibility index (Phi) is 5.88. The highest BCUT2D eigenvalue weighted by Gasteiger charge is 2.11. The number of rotatable bonds is 7. The summed E-state index contributed by atoms with van der Waals surface area (Å²) in [5, 5.41) is 1.90. The van der Waals surface area contributed by atoms with E-state index in [0.717, 1.165) is 4.34 Å². The van der Waals surface area contributed by atoms with E-state index in [0.29, 0.717) is 18.8 Å². The minimum atomic E-state index is 0.0833. The van der Waals surface area contributed by atoms with Gasteiger partial charge in [0.15, 0.2) is 0 Å². The van der Waals surface area contributed by atoms with E-state index in [1.807, 2.05) is 5.38 Å². The van der Waals surface area contributed by atoms with E-state index in [9.17, 15) is 4.79 Å². The van der Waals surface area contributed by atoms with Gasteiger partial charge in [-0.25, -0.2) is 4.98 Å². The van der Waals surface area contributed by atoms with Crippen LogP contribution >= 0.6 is 23.1 Å². The van der Waals surface area contributed by atoms with Gasteiger partial charge in [0.1, 0.15) is 4.34 Å². The van der Waals surface area contributed by atoms with Gasteiger partial charge in [-0.1, -0.05) is 23.9 Å². The molecule has 3 nitrogen and oxygen atoms in total. The molecule has 0 saturated carbocycles. The molecule has 0 atom stereocenters. The number of nitrogens with zero attached hydrogens (tertiary/aromatic N) is 2. The van der Waals surface area contributed by atoms with E-state index >= 15 is 0 Å². The Labute approximate surface area is 104 Å². The van der Waals surface area contributed by atoms with E-state index in [2.05, 4.69) is 18.1 Å². The van der Waals surface area contributed by atoms with Gasteiger partial charge in [0.2, 0.25) is 5.91 Å². The van der Waals surface area contributed by atoms with Crippen molar-refractivity contribution in [3.63, 3.8) is 0 Å². The van der Waals surface area contributed by atoms with Gasteiger partial charge in [0.25, 0.3) is 0 Å². The van der Waals surface area contributed by atoms with Crippen LogP contribution in [0.4, 0.5) is 0 Å². The molecule has 0 spiro atoms. The zero-order chi connectivity index (χ0) is 11.8. The third-order valence-corrected chi connectivity index (χ3v) is 3.73. The molecule has 0 unspecified atom stereocenters. The molecule has 0 N–H and O–H groups in total. The first-order valence-corrected chi connectivity index (χ1v) is 6.66. The minimum Gasteiger partial charge on any atom is -0.335 e. The fraction of sp³-hybridized carbons (Fsp3) is 0.273. The van der Waals surface area contributed by atoms with Crippen LogP contribution in [0.3, 0.4) is 0 Å². The second-order valence-corrected chi connectivity index (χ2v) is 5.08. The molecule has 1 aromatic heterocycles. The van der Waals surface area contributed by atoms with Crippen molar-refractivity contribution in [1.82, 2.24) is 9.88 Å². The number of amides is 1. The van der Waals surface area contributed by atoms with Crippen LogP contribution in [0.15, 0.2) is 41.2 Å². The van der Waals surface area contributed by atoms with Crippen molar-refractivity contribution < 1.29 is 4.79 Å². The van der Waals surface area contributed by atoms with E-state index in [4.69, 9.17) is 0 Å². The monoisotopic (exact) mass is 254 g/mol. The number of carbonyl (C=O) groups is 1. The number of thiazole rings is 1. The van der Waals surface area contributed by atoms with Crippen molar-refractivity contribution >= 4 is 29.0 Å². The van der Waals surface area contributed by atoms with E-state index in [1.165, 1.54) is 11.8 Å². The fourth-order valence-electron chi connectivity index (χ4n) is 1.09. The number of hydrogen-bond acceptors (Lipinski definition) is 4. The molecule has 0 bridgehead atoms. The summed E-state index contributed by atoms with van der Waals surface area (Å²) in [6, 6.07) is 0. The van der Waals surface area contributed by atoms with Gasteiger partial charge in [-0.2, -0.15) is 0 Å². The van der Waals surface area contributed by atoms with Crippen molar-refractivity contribution in [2.45, 2.75) is 4.34 Å². The third kappa shape index (κ3) is 4.20. The molecule has 0 saturated heterocycles. The molecule has 86 valence electrons. The average Bonchev–Trinajstić information content (AvgIpc) is 2.78. The van der Waals surface area contributed by atoms with Crippen LogP contribution in [-0.4, -0.2) is 34.6 Å². The third-order valence-electron chi connectivity index (χ3n) is 1.78. The predicted molar refractivity (Wildman–Crippen MR) is 69.8 cm³/mol. The van der Waals surface area contributed by atoms with Crippen LogP contribution in [0, 0.1) is 0 Å². The maximum Gasteiger partial charge on any atom is 0.233 e. The normalized spacial score (nSPS) is 9.75. The molecule has 16 heavy (non-hydrogen) atoms. The van der Waals surface area contributed by atoms with Crippen molar-refractivity contribution in [3.8, 4) is 0 Å². The Morgan fingerprint density at radius 1 is 1.50 bits per heavy atom. The van der Waals surface area contributed by atoms with Crippen molar-refractivity contribution in [2.75, 3.05) is 18.8 Å². The van der Waals surface area contributed by atoms with Gasteiger partial charge in [0, 0.05) is 24.7 Å². The van der Waals surface area contributed by atoms with Crippen LogP contribution in [-0.2, 0) is 4.79 Å². The van der Waals surface area contributed by atoms with Crippen molar-refractivity contribution in [2.24, 2.45) is 0 Å². The highest BCUT2D eigenvalue weighted by atomic mass is 32.2. The van der Waals surface area contributed by atoms with Crippen LogP contribution in [0.5, 0.6) is 0 Å². The Morgan fingerprint density at radius 3 is 2.69 bits per heavy atom. The largest absolute Gasteiger partial charge is 0.335 e. The average molecular weight is 254 g/mol. The second-order valence-electron chi connectivity index (χ2n) is 2.96. The summed E-state index contributed by atoms with van der Waals surface area (Å²) < 4.78 is 0.922. The molecule has 1 aromatic rings. The first-order valence-electron chi connectivity index (χ1n) is 4.79. The van der Waals surface area contributed by atoms with E-state index < -0.39 is 0 Å². The van der Waals surface area contributed by atoms with Gasteiger partial charge in [-0.15, -0.1) is 24.5 Å². The summed E-state index contributed by atoms with van der Waals surface area (Å²) in [5.41, 5.74) is 0. The summed E-state index contributed by atoms with van der Waals surface area (Å²) >= 11 is 3.01. The van der Waals surface area contributed by atoms with Crippen LogP contribution in [0.25, 0.3) is 0 Å². The predicted octanol–water partition coefficient (Wildman–Crippen LogP) is 2.44. The highest BCUT2D eigenvalue weighted by Crippen LogP contribution is 2.20. The Hall–Kier alpha value is -1.07. The zero-order valence-corrected chi connectivity index (χ0v) is 10.6. The lowest BCUT2D eigenvalue weighted by molar-refractivity contribution is -0.127. The van der Waals surface area contributed by atoms with Gasteiger partial charge in [-0.3, -0.25) is 4.79 Å². The topological polar surface area (TPSA) is 33.2 Å². The molecule has 0 radical (unpaired) electrons. The molecule has 0 aliphatic carbocycles. The summed E-state index contributed by atoms with van der Waals surface area (Å²) in [6.07, 6.45) is 5.17. The van der Waals surface area contributed by atoms with Gasteiger partial charge in [-0.05, 0) is 0 Å². The minimum absolute atomic E-state index is 0.0833. The molecular weight excluding hydrogens is 240 g/mol. The summed E-state index contributed by atoms with van der Waals surface area (Å²) in [6.45, 7) is 8.38. The number of hydrogen-bond donors (Lipinski definition) is 0. The molecule has 0 fully saturated rings. The fourth-order valence-corrected chi connectivity index (χ4v) is 2.63. The quantitative estimate of drug-likeness (QED) is 0.553. The maximum atomic E-state index is 11.8. The van der Waals surface area contributed by atoms with Crippen LogP contribution in [0.2, 0.25) is 0 Å². The lowest BCUT2D eigenvalue weighted by Crippen LogP contribution is -2.32. The molecule has 1 rings (SSSR count). The number of aromatic nitrogens is 1. The standard InChI is InChI=1S/C11H14N2OS2/c1-3-6-13(7-4-2)10(14)9-16-11-12-5-8-15-11/h3-5,8H,1-2,6-7,9H2. The SMILES string of the molecule is C=CCN(CC=C)C(=O)CSc1nccs1.